The number of rotatable bonds is 4. The van der Waals surface area contributed by atoms with Crippen molar-refractivity contribution in [3.05, 3.63) is 58.3 Å². The van der Waals surface area contributed by atoms with Crippen molar-refractivity contribution in [2.75, 3.05) is 0 Å². The molecule has 1 unspecified atom stereocenters. The minimum absolute atomic E-state index is 0.0865. The molecule has 4 nitrogen and oxygen atoms in total. The third kappa shape index (κ3) is 3.30. The molecule has 1 atom stereocenters. The molecule has 1 heterocycles. The van der Waals surface area contributed by atoms with Gasteiger partial charge in [0, 0.05) is 18.4 Å². The fourth-order valence-electron chi connectivity index (χ4n) is 1.73. The lowest BCUT2D eigenvalue weighted by molar-refractivity contribution is 0.566. The summed E-state index contributed by atoms with van der Waals surface area (Å²) in [6.07, 6.45) is 3.22. The minimum atomic E-state index is -3.81. The molecule has 2 aromatic rings. The molecule has 1 aromatic heterocycles. The fourth-order valence-corrected chi connectivity index (χ4v) is 4.11. The Morgan fingerprint density at radius 3 is 2.35 bits per heavy atom. The molecule has 0 aliphatic heterocycles. The maximum atomic E-state index is 12.4. The van der Waals surface area contributed by atoms with Gasteiger partial charge in [0.15, 0.2) is 0 Å². The Hall–Kier alpha value is -1.14. The van der Waals surface area contributed by atoms with E-state index in [0.29, 0.717) is 0 Å². The van der Waals surface area contributed by atoms with Crippen molar-refractivity contribution in [3.8, 4) is 0 Å². The molecule has 1 N–H and O–H groups in total. The maximum absolute atomic E-state index is 12.4. The van der Waals surface area contributed by atoms with Crippen LogP contribution in [0.25, 0.3) is 0 Å². The molecule has 0 saturated heterocycles. The van der Waals surface area contributed by atoms with E-state index < -0.39 is 16.1 Å². The lowest BCUT2D eigenvalue weighted by atomic mass is 10.2. The highest BCUT2D eigenvalue weighted by Crippen LogP contribution is 2.29. The van der Waals surface area contributed by atoms with Crippen molar-refractivity contribution in [1.29, 1.82) is 0 Å². The fraction of sp³-hybridized carbons (Fsp3) is 0.154. The molecule has 0 saturated carbocycles. The van der Waals surface area contributed by atoms with Crippen LogP contribution in [0.1, 0.15) is 18.5 Å². The molecular weight excluding hydrogens is 319 g/mol. The number of halogens is 2. The molecule has 0 radical (unpaired) electrons. The number of pyridine rings is 1. The van der Waals surface area contributed by atoms with Crippen LogP contribution in [0.3, 0.4) is 0 Å². The predicted octanol–water partition coefficient (Wildman–Crippen LogP) is 3.43. The van der Waals surface area contributed by atoms with E-state index in [1.54, 1.807) is 37.5 Å². The van der Waals surface area contributed by atoms with E-state index in [1.807, 2.05) is 0 Å². The molecule has 2 rings (SSSR count). The second-order valence-electron chi connectivity index (χ2n) is 4.18. The highest BCUT2D eigenvalue weighted by Gasteiger charge is 2.23. The van der Waals surface area contributed by atoms with E-state index in [0.717, 1.165) is 5.56 Å². The molecule has 1 aromatic carbocycles. The summed E-state index contributed by atoms with van der Waals surface area (Å²) in [5.74, 6) is 0. The van der Waals surface area contributed by atoms with E-state index in [4.69, 9.17) is 23.2 Å². The molecule has 0 aliphatic rings. The topological polar surface area (TPSA) is 59.1 Å². The number of nitrogens with one attached hydrogen (secondary N) is 1. The van der Waals surface area contributed by atoms with Crippen LogP contribution in [0, 0.1) is 0 Å². The van der Waals surface area contributed by atoms with E-state index in [2.05, 4.69) is 9.71 Å². The second-order valence-corrected chi connectivity index (χ2v) is 6.65. The van der Waals surface area contributed by atoms with Crippen LogP contribution in [0.4, 0.5) is 0 Å². The van der Waals surface area contributed by atoms with Crippen molar-refractivity contribution in [2.24, 2.45) is 0 Å². The Morgan fingerprint density at radius 2 is 1.80 bits per heavy atom. The number of hydrogen-bond donors (Lipinski definition) is 1. The zero-order valence-corrected chi connectivity index (χ0v) is 12.9. The molecule has 20 heavy (non-hydrogen) atoms. The van der Waals surface area contributed by atoms with Gasteiger partial charge in [0.25, 0.3) is 0 Å². The Morgan fingerprint density at radius 1 is 1.15 bits per heavy atom. The first-order chi connectivity index (χ1) is 9.42. The van der Waals surface area contributed by atoms with E-state index >= 15 is 0 Å². The first-order valence-corrected chi connectivity index (χ1v) is 8.02. The van der Waals surface area contributed by atoms with Crippen LogP contribution in [-0.2, 0) is 10.0 Å². The van der Waals surface area contributed by atoms with Crippen LogP contribution < -0.4 is 4.72 Å². The monoisotopic (exact) mass is 330 g/mol. The summed E-state index contributed by atoms with van der Waals surface area (Å²) in [6.45, 7) is 1.72. The summed E-state index contributed by atoms with van der Waals surface area (Å²) in [5.41, 5.74) is 0.749. The zero-order valence-electron chi connectivity index (χ0n) is 10.5. The molecule has 7 heteroatoms. The van der Waals surface area contributed by atoms with Gasteiger partial charge in [0.2, 0.25) is 10.0 Å². The normalized spacial score (nSPS) is 13.2. The van der Waals surface area contributed by atoms with Gasteiger partial charge in [-0.25, -0.2) is 13.1 Å². The van der Waals surface area contributed by atoms with Crippen molar-refractivity contribution < 1.29 is 8.42 Å². The van der Waals surface area contributed by atoms with Crippen LogP contribution in [0.5, 0.6) is 0 Å². The summed E-state index contributed by atoms with van der Waals surface area (Å²) in [4.78, 5) is 3.84. The lowest BCUT2D eigenvalue weighted by Crippen LogP contribution is -2.27. The summed E-state index contributed by atoms with van der Waals surface area (Å²) in [5, 5.41) is 0.173. The number of benzene rings is 1. The van der Waals surface area contributed by atoms with E-state index in [1.165, 1.54) is 12.1 Å². The van der Waals surface area contributed by atoms with Crippen LogP contribution in [0.2, 0.25) is 10.0 Å². The second kappa shape index (κ2) is 6.10. The Labute approximate surface area is 127 Å². The number of hydrogen-bond acceptors (Lipinski definition) is 3. The number of aromatic nitrogens is 1. The predicted molar refractivity (Wildman–Crippen MR) is 79.4 cm³/mol. The van der Waals surface area contributed by atoms with Crippen LogP contribution >= 0.6 is 23.2 Å². The van der Waals surface area contributed by atoms with Gasteiger partial charge in [-0.3, -0.25) is 4.98 Å². The van der Waals surface area contributed by atoms with Crippen molar-refractivity contribution in [2.45, 2.75) is 17.9 Å². The molecule has 0 amide bonds. The van der Waals surface area contributed by atoms with Crippen molar-refractivity contribution in [1.82, 2.24) is 9.71 Å². The van der Waals surface area contributed by atoms with Crippen molar-refractivity contribution in [3.63, 3.8) is 0 Å². The van der Waals surface area contributed by atoms with Gasteiger partial charge >= 0.3 is 0 Å². The van der Waals surface area contributed by atoms with Gasteiger partial charge in [-0.15, -0.1) is 0 Å². The highest BCUT2D eigenvalue weighted by atomic mass is 35.5. The van der Waals surface area contributed by atoms with E-state index in [9.17, 15) is 8.42 Å². The lowest BCUT2D eigenvalue weighted by Gasteiger charge is -2.15. The van der Waals surface area contributed by atoms with Gasteiger partial charge in [0.1, 0.15) is 4.90 Å². The average Bonchev–Trinajstić information content (AvgIpc) is 2.38. The van der Waals surface area contributed by atoms with Gasteiger partial charge in [-0.05, 0) is 30.7 Å². The van der Waals surface area contributed by atoms with Crippen LogP contribution in [0.15, 0.2) is 47.6 Å². The molecule has 0 fully saturated rings. The smallest absolute Gasteiger partial charge is 0.244 e. The van der Waals surface area contributed by atoms with E-state index in [-0.39, 0.29) is 14.9 Å². The quantitative estimate of drug-likeness (QED) is 0.934. The third-order valence-electron chi connectivity index (χ3n) is 2.70. The summed E-state index contributed by atoms with van der Waals surface area (Å²) < 4.78 is 27.2. The molecule has 0 aliphatic carbocycles. The molecule has 0 bridgehead atoms. The Kier molecular flexibility index (Phi) is 4.65. The highest BCUT2D eigenvalue weighted by molar-refractivity contribution is 7.89. The van der Waals surface area contributed by atoms with Gasteiger partial charge in [0.05, 0.1) is 10.0 Å². The van der Waals surface area contributed by atoms with Gasteiger partial charge < -0.3 is 0 Å². The first kappa shape index (κ1) is 15.3. The average molecular weight is 331 g/mol. The largest absolute Gasteiger partial charge is 0.264 e. The standard InChI is InChI=1S/C13H12Cl2N2O2S/c1-9(10-4-3-7-16-8-10)17-20(18,19)13-11(14)5-2-6-12(13)15/h2-9,17H,1H3. The maximum Gasteiger partial charge on any atom is 0.244 e. The SMILES string of the molecule is CC(NS(=O)(=O)c1c(Cl)cccc1Cl)c1cccnc1. The zero-order chi connectivity index (χ0) is 14.8. The Bertz CT molecular complexity index is 685. The Balaban J connectivity index is 2.33. The number of nitrogens with zero attached hydrogens (tertiary/aromatic N) is 1. The molecule has 0 spiro atoms. The van der Waals surface area contributed by atoms with Crippen LogP contribution in [-0.4, -0.2) is 13.4 Å². The first-order valence-electron chi connectivity index (χ1n) is 5.78. The minimum Gasteiger partial charge on any atom is -0.264 e. The summed E-state index contributed by atoms with van der Waals surface area (Å²) in [7, 11) is -3.81. The molecular formula is C13H12Cl2N2O2S. The summed E-state index contributed by atoms with van der Waals surface area (Å²) >= 11 is 11.9. The molecule has 106 valence electrons. The number of sulfonamides is 1. The van der Waals surface area contributed by atoms with Crippen molar-refractivity contribution >= 4 is 33.2 Å². The van der Waals surface area contributed by atoms with Gasteiger partial charge in [-0.2, -0.15) is 0 Å². The van der Waals surface area contributed by atoms with Gasteiger partial charge in [-0.1, -0.05) is 35.3 Å². The summed E-state index contributed by atoms with van der Waals surface area (Å²) in [6, 6.07) is 7.64. The third-order valence-corrected chi connectivity index (χ3v) is 5.20.